The minimum absolute atomic E-state index is 0.711. The van der Waals surface area contributed by atoms with E-state index in [1.807, 2.05) is 30.3 Å². The highest BCUT2D eigenvalue weighted by atomic mass is 32.2. The van der Waals surface area contributed by atoms with Crippen molar-refractivity contribution in [2.75, 3.05) is 5.75 Å². The second-order valence-electron chi connectivity index (χ2n) is 6.13. The summed E-state index contributed by atoms with van der Waals surface area (Å²) in [6.45, 7) is 2.06. The lowest BCUT2D eigenvalue weighted by molar-refractivity contribution is 0.593. The topological polar surface area (TPSA) is 23.1 Å². The molecule has 3 rings (SSSR count). The predicted octanol–water partition coefficient (Wildman–Crippen LogP) is 5.46. The van der Waals surface area contributed by atoms with Crippen LogP contribution in [-0.4, -0.2) is 10.3 Å². The van der Waals surface area contributed by atoms with Crippen molar-refractivity contribution in [2.45, 2.75) is 31.1 Å². The summed E-state index contributed by atoms with van der Waals surface area (Å²) in [5.74, 6) is 0.711. The van der Waals surface area contributed by atoms with Crippen molar-refractivity contribution in [3.8, 4) is 11.1 Å². The number of aryl methyl sites for hydroxylation is 2. The summed E-state index contributed by atoms with van der Waals surface area (Å²) in [6.07, 6.45) is 2.91. The predicted molar refractivity (Wildman–Crippen MR) is 106 cm³/mol. The van der Waals surface area contributed by atoms with Gasteiger partial charge < -0.3 is 4.55 Å². The number of rotatable bonds is 7. The Morgan fingerprint density at radius 3 is 2.56 bits per heavy atom. The average Bonchev–Trinajstić information content (AvgIpc) is 2.68. The molecule has 0 spiro atoms. The lowest BCUT2D eigenvalue weighted by Gasteiger charge is -2.13. The van der Waals surface area contributed by atoms with Gasteiger partial charge in [-0.05, 0) is 64.8 Å². The molecule has 0 amide bonds. The molecule has 127 valence electrons. The third-order valence-electron chi connectivity index (χ3n) is 4.24. The molecule has 0 saturated heterocycles. The van der Waals surface area contributed by atoms with Crippen LogP contribution >= 0.6 is 0 Å². The summed E-state index contributed by atoms with van der Waals surface area (Å²) >= 11 is -0.921. The Morgan fingerprint density at radius 1 is 0.920 bits per heavy atom. The fourth-order valence-electron chi connectivity index (χ4n) is 2.97. The summed E-state index contributed by atoms with van der Waals surface area (Å²) in [6, 6.07) is 28.2. The van der Waals surface area contributed by atoms with Crippen LogP contribution in [0.1, 0.15) is 24.5 Å². The molecule has 1 radical (unpaired) electrons. The van der Waals surface area contributed by atoms with Crippen LogP contribution < -0.4 is 0 Å². The molecule has 0 heterocycles. The molecule has 0 bridgehead atoms. The van der Waals surface area contributed by atoms with E-state index in [0.717, 1.165) is 35.3 Å². The van der Waals surface area contributed by atoms with Gasteiger partial charge in [0.1, 0.15) is 5.75 Å². The molecule has 0 aliphatic carbocycles. The molecule has 3 aromatic rings. The van der Waals surface area contributed by atoms with E-state index in [1.54, 1.807) is 0 Å². The van der Waals surface area contributed by atoms with E-state index in [2.05, 4.69) is 55.5 Å². The van der Waals surface area contributed by atoms with E-state index in [0.29, 0.717) is 5.75 Å². The van der Waals surface area contributed by atoms with E-state index in [9.17, 15) is 4.55 Å². The van der Waals surface area contributed by atoms with Gasteiger partial charge in [0.15, 0.2) is 4.90 Å². The SMILES string of the molecule is CCC[S+]([O-])c1cccc(-c2[c]cccc2CCc2ccccc2)c1. The first-order chi connectivity index (χ1) is 12.3. The minimum Gasteiger partial charge on any atom is -0.611 e. The third-order valence-corrected chi connectivity index (χ3v) is 5.80. The van der Waals surface area contributed by atoms with E-state index in [1.165, 1.54) is 11.1 Å². The van der Waals surface area contributed by atoms with Crippen molar-refractivity contribution in [1.29, 1.82) is 0 Å². The Kier molecular flexibility index (Phi) is 6.32. The second-order valence-corrected chi connectivity index (χ2v) is 7.70. The monoisotopic (exact) mass is 347 g/mol. The molecule has 2 heteroatoms. The van der Waals surface area contributed by atoms with Crippen LogP contribution in [0.25, 0.3) is 11.1 Å². The van der Waals surface area contributed by atoms with E-state index < -0.39 is 11.2 Å². The first-order valence-corrected chi connectivity index (χ1v) is 10.1. The Labute approximate surface area is 153 Å². The molecule has 0 N–H and O–H groups in total. The molecule has 1 nitrogen and oxygen atoms in total. The summed E-state index contributed by atoms with van der Waals surface area (Å²) < 4.78 is 12.3. The molecule has 1 unspecified atom stereocenters. The molecule has 0 saturated carbocycles. The first-order valence-electron chi connectivity index (χ1n) is 8.80. The van der Waals surface area contributed by atoms with Crippen molar-refractivity contribution in [3.63, 3.8) is 0 Å². The van der Waals surface area contributed by atoms with Gasteiger partial charge in [0, 0.05) is 6.07 Å². The van der Waals surface area contributed by atoms with Crippen LogP contribution in [0, 0.1) is 6.07 Å². The Morgan fingerprint density at radius 2 is 1.76 bits per heavy atom. The van der Waals surface area contributed by atoms with Gasteiger partial charge in [-0.25, -0.2) is 0 Å². The zero-order valence-corrected chi connectivity index (χ0v) is 15.4. The number of hydrogen-bond acceptors (Lipinski definition) is 1. The van der Waals surface area contributed by atoms with E-state index in [-0.39, 0.29) is 0 Å². The van der Waals surface area contributed by atoms with Crippen LogP contribution in [-0.2, 0) is 24.0 Å². The third kappa shape index (κ3) is 4.75. The van der Waals surface area contributed by atoms with Gasteiger partial charge in [-0.2, -0.15) is 0 Å². The fourth-order valence-corrected chi connectivity index (χ4v) is 4.06. The smallest absolute Gasteiger partial charge is 0.153 e. The molecule has 25 heavy (non-hydrogen) atoms. The zero-order chi connectivity index (χ0) is 17.5. The molecular weight excluding hydrogens is 324 g/mol. The molecule has 0 aromatic heterocycles. The Hall–Kier alpha value is -2.03. The van der Waals surface area contributed by atoms with Gasteiger partial charge in [0.25, 0.3) is 0 Å². The van der Waals surface area contributed by atoms with Gasteiger partial charge in [0.05, 0.1) is 0 Å². The summed E-state index contributed by atoms with van der Waals surface area (Å²) in [7, 11) is 0. The molecule has 0 fully saturated rings. The maximum Gasteiger partial charge on any atom is 0.153 e. The van der Waals surface area contributed by atoms with Crippen LogP contribution in [0.2, 0.25) is 0 Å². The second kappa shape index (κ2) is 8.89. The first kappa shape index (κ1) is 17.8. The largest absolute Gasteiger partial charge is 0.611 e. The zero-order valence-electron chi connectivity index (χ0n) is 14.6. The number of benzene rings is 3. The lowest BCUT2D eigenvalue weighted by atomic mass is 9.95. The maximum absolute atomic E-state index is 12.3. The van der Waals surface area contributed by atoms with E-state index >= 15 is 0 Å². The summed E-state index contributed by atoms with van der Waals surface area (Å²) in [5, 5.41) is 0. The van der Waals surface area contributed by atoms with Gasteiger partial charge in [-0.1, -0.05) is 67.6 Å². The molecule has 1 atom stereocenters. The Bertz CT molecular complexity index is 798. The highest BCUT2D eigenvalue weighted by molar-refractivity contribution is 7.91. The van der Waals surface area contributed by atoms with Crippen molar-refractivity contribution in [3.05, 3.63) is 90.0 Å². The Balaban J connectivity index is 1.84. The molecule has 3 aromatic carbocycles. The fraction of sp³-hybridized carbons (Fsp3) is 0.217. The normalized spacial score (nSPS) is 12.1. The molecule has 0 aliphatic heterocycles. The highest BCUT2D eigenvalue weighted by Gasteiger charge is 2.12. The van der Waals surface area contributed by atoms with Crippen LogP contribution in [0.3, 0.4) is 0 Å². The summed E-state index contributed by atoms with van der Waals surface area (Å²) in [4.78, 5) is 0.908. The van der Waals surface area contributed by atoms with Crippen LogP contribution in [0.15, 0.2) is 77.7 Å². The van der Waals surface area contributed by atoms with Gasteiger partial charge in [-0.3, -0.25) is 0 Å². The van der Waals surface area contributed by atoms with Gasteiger partial charge in [-0.15, -0.1) is 0 Å². The summed E-state index contributed by atoms with van der Waals surface area (Å²) in [5.41, 5.74) is 4.85. The van der Waals surface area contributed by atoms with Crippen LogP contribution in [0.4, 0.5) is 0 Å². The molecule has 0 aliphatic rings. The highest BCUT2D eigenvalue weighted by Crippen LogP contribution is 2.27. The minimum atomic E-state index is -0.921. The van der Waals surface area contributed by atoms with Crippen molar-refractivity contribution in [2.24, 2.45) is 0 Å². The van der Waals surface area contributed by atoms with Crippen molar-refractivity contribution in [1.82, 2.24) is 0 Å². The lowest BCUT2D eigenvalue weighted by Crippen LogP contribution is -2.06. The average molecular weight is 348 g/mol. The van der Waals surface area contributed by atoms with Gasteiger partial charge >= 0.3 is 0 Å². The van der Waals surface area contributed by atoms with Crippen molar-refractivity contribution >= 4 is 11.2 Å². The van der Waals surface area contributed by atoms with Crippen molar-refractivity contribution < 1.29 is 4.55 Å². The molecular formula is C23H23OS. The number of hydrogen-bond donors (Lipinski definition) is 0. The quantitative estimate of drug-likeness (QED) is 0.521. The standard InChI is InChI=1S/C23H23OS/c1-2-17-25(24)22-13-8-12-21(18-22)23-14-7-6-11-20(23)16-15-19-9-4-3-5-10-19/h3-13,18H,2,15-17H2,1H3. The van der Waals surface area contributed by atoms with E-state index in [4.69, 9.17) is 0 Å². The van der Waals surface area contributed by atoms with Gasteiger partial charge in [0.2, 0.25) is 0 Å². The van der Waals surface area contributed by atoms with Crippen LogP contribution in [0.5, 0.6) is 0 Å². The maximum atomic E-state index is 12.3.